The minimum Gasteiger partial charge on any atom is -0.193 e. The van der Waals surface area contributed by atoms with Crippen LogP contribution in [0.2, 0.25) is 0 Å². The van der Waals surface area contributed by atoms with Crippen LogP contribution in [0.4, 0.5) is 0 Å². The van der Waals surface area contributed by atoms with E-state index in [1.54, 1.807) is 0 Å². The first-order valence-electron chi connectivity index (χ1n) is 2.67. The summed E-state index contributed by atoms with van der Waals surface area (Å²) < 4.78 is 4.14. The Hall–Kier alpha value is -0.890. The maximum Gasteiger partial charge on any atom is 0.0841 e. The lowest BCUT2D eigenvalue weighted by molar-refractivity contribution is 1.66. The molecule has 43 valence electrons. The predicted molar refractivity (Wildman–Crippen MR) is 38.5 cm³/mol. The molecule has 0 saturated carbocycles. The number of nitrogens with zero attached hydrogens (tertiary/aromatic N) is 1. The second-order valence-electron chi connectivity index (χ2n) is 1.80. The molecular weight excluding hydrogens is 130 g/mol. The van der Waals surface area contributed by atoms with Crippen molar-refractivity contribution in [3.05, 3.63) is 29.6 Å². The Labute approximate surface area is 57.1 Å². The van der Waals surface area contributed by atoms with E-state index in [-0.39, 0.29) is 0 Å². The van der Waals surface area contributed by atoms with Crippen molar-refractivity contribution >= 4 is 22.4 Å². The minimum atomic E-state index is 1.07. The van der Waals surface area contributed by atoms with Crippen LogP contribution in [-0.4, -0.2) is 4.37 Å². The van der Waals surface area contributed by atoms with Crippen molar-refractivity contribution in [2.45, 2.75) is 0 Å². The molecule has 1 aromatic carbocycles. The Morgan fingerprint density at radius 3 is 3.44 bits per heavy atom. The minimum absolute atomic E-state index is 1.07. The van der Waals surface area contributed by atoms with E-state index in [0.717, 1.165) is 5.52 Å². The molecule has 0 bridgehead atoms. The summed E-state index contributed by atoms with van der Waals surface area (Å²) in [5, 5.41) is 3.20. The second-order valence-corrected chi connectivity index (χ2v) is 2.43. The molecule has 2 aromatic rings. The van der Waals surface area contributed by atoms with Crippen molar-refractivity contribution in [1.29, 1.82) is 0 Å². The number of benzene rings is 1. The van der Waals surface area contributed by atoms with Crippen LogP contribution in [0.15, 0.2) is 23.6 Å². The number of hydrogen-bond acceptors (Lipinski definition) is 2. The fourth-order valence-corrected chi connectivity index (χ4v) is 1.39. The first kappa shape index (κ1) is 4.94. The first-order valence-corrected chi connectivity index (χ1v) is 3.51. The van der Waals surface area contributed by atoms with Crippen molar-refractivity contribution in [3.8, 4) is 0 Å². The van der Waals surface area contributed by atoms with Gasteiger partial charge in [-0.05, 0) is 29.7 Å². The Balaban J connectivity index is 2.95. The molecule has 0 saturated heterocycles. The van der Waals surface area contributed by atoms with Gasteiger partial charge >= 0.3 is 0 Å². The van der Waals surface area contributed by atoms with E-state index >= 15 is 0 Å². The van der Waals surface area contributed by atoms with Crippen molar-refractivity contribution in [3.63, 3.8) is 0 Å². The van der Waals surface area contributed by atoms with Crippen molar-refractivity contribution in [2.75, 3.05) is 0 Å². The fraction of sp³-hybridized carbons (Fsp3) is 0. The molecule has 1 nitrogen and oxygen atoms in total. The molecule has 1 radical (unpaired) electrons. The van der Waals surface area contributed by atoms with E-state index in [0.29, 0.717) is 0 Å². The van der Waals surface area contributed by atoms with Crippen molar-refractivity contribution < 1.29 is 0 Å². The van der Waals surface area contributed by atoms with Gasteiger partial charge in [0.2, 0.25) is 0 Å². The highest BCUT2D eigenvalue weighted by molar-refractivity contribution is 7.04. The Kier molecular flexibility index (Phi) is 0.993. The van der Waals surface area contributed by atoms with Crippen LogP contribution in [0.5, 0.6) is 0 Å². The quantitative estimate of drug-likeness (QED) is 0.537. The molecular formula is C7H4NS. The highest BCUT2D eigenvalue weighted by atomic mass is 32.1. The maximum atomic E-state index is 4.14. The molecule has 0 aliphatic rings. The van der Waals surface area contributed by atoms with E-state index in [9.17, 15) is 0 Å². The average molecular weight is 134 g/mol. The molecule has 9 heavy (non-hydrogen) atoms. The smallest absolute Gasteiger partial charge is 0.0841 e. The van der Waals surface area contributed by atoms with Gasteiger partial charge in [0.15, 0.2) is 0 Å². The maximum absolute atomic E-state index is 4.14. The van der Waals surface area contributed by atoms with Crippen LogP contribution >= 0.6 is 11.5 Å². The predicted octanol–water partition coefficient (Wildman–Crippen LogP) is 2.10. The van der Waals surface area contributed by atoms with E-state index in [4.69, 9.17) is 0 Å². The van der Waals surface area contributed by atoms with Gasteiger partial charge in [-0.1, -0.05) is 6.07 Å². The second kappa shape index (κ2) is 1.81. The van der Waals surface area contributed by atoms with Gasteiger partial charge in [-0.25, -0.2) is 0 Å². The third kappa shape index (κ3) is 0.715. The van der Waals surface area contributed by atoms with Gasteiger partial charge in [0.05, 0.1) is 5.52 Å². The Morgan fingerprint density at radius 1 is 1.56 bits per heavy atom. The van der Waals surface area contributed by atoms with Crippen LogP contribution < -0.4 is 0 Å². The van der Waals surface area contributed by atoms with Gasteiger partial charge in [0.25, 0.3) is 0 Å². The van der Waals surface area contributed by atoms with E-state index in [2.05, 4.69) is 10.4 Å². The standard InChI is InChI=1S/C7H4NS/c1-2-4-7-6(3-1)5-9-8-7/h2-5H. The zero-order chi connectivity index (χ0) is 6.10. The van der Waals surface area contributed by atoms with Gasteiger partial charge in [-0.15, -0.1) is 0 Å². The molecule has 1 heterocycles. The zero-order valence-electron chi connectivity index (χ0n) is 4.66. The van der Waals surface area contributed by atoms with E-state index in [1.165, 1.54) is 16.9 Å². The Morgan fingerprint density at radius 2 is 2.56 bits per heavy atom. The zero-order valence-corrected chi connectivity index (χ0v) is 5.48. The molecule has 0 amide bonds. The van der Waals surface area contributed by atoms with Crippen molar-refractivity contribution in [2.24, 2.45) is 0 Å². The number of aromatic nitrogens is 1. The van der Waals surface area contributed by atoms with E-state index < -0.39 is 0 Å². The van der Waals surface area contributed by atoms with Gasteiger partial charge in [0, 0.05) is 10.8 Å². The van der Waals surface area contributed by atoms with Crippen LogP contribution in [0.3, 0.4) is 0 Å². The highest BCUT2D eigenvalue weighted by Gasteiger charge is 1.89. The number of hydrogen-bond donors (Lipinski definition) is 0. The van der Waals surface area contributed by atoms with E-state index in [1.807, 2.05) is 23.6 Å². The van der Waals surface area contributed by atoms with Crippen LogP contribution in [-0.2, 0) is 0 Å². The summed E-state index contributed by atoms with van der Waals surface area (Å²) in [5.41, 5.74) is 1.07. The normalized spacial score (nSPS) is 10.2. The van der Waals surface area contributed by atoms with Gasteiger partial charge in [-0.2, -0.15) is 4.37 Å². The lowest BCUT2D eigenvalue weighted by Crippen LogP contribution is -1.62. The molecule has 0 spiro atoms. The fourth-order valence-electron chi connectivity index (χ4n) is 0.753. The summed E-state index contributed by atoms with van der Waals surface area (Å²) in [6, 6.07) is 8.77. The summed E-state index contributed by atoms with van der Waals surface area (Å²) >= 11 is 1.48. The van der Waals surface area contributed by atoms with Crippen molar-refractivity contribution in [1.82, 2.24) is 4.37 Å². The van der Waals surface area contributed by atoms with Crippen LogP contribution in [0, 0.1) is 6.07 Å². The molecule has 2 heteroatoms. The molecule has 0 aliphatic heterocycles. The van der Waals surface area contributed by atoms with Crippen LogP contribution in [0.1, 0.15) is 0 Å². The third-order valence-corrected chi connectivity index (χ3v) is 1.86. The summed E-state index contributed by atoms with van der Waals surface area (Å²) in [6.07, 6.45) is 0. The molecule has 2 rings (SSSR count). The largest absolute Gasteiger partial charge is 0.193 e. The summed E-state index contributed by atoms with van der Waals surface area (Å²) in [6.45, 7) is 0. The Bertz CT molecular complexity index is 283. The van der Waals surface area contributed by atoms with Gasteiger partial charge in [0.1, 0.15) is 0 Å². The monoisotopic (exact) mass is 134 g/mol. The molecule has 0 fully saturated rings. The van der Waals surface area contributed by atoms with Gasteiger partial charge in [-0.3, -0.25) is 0 Å². The highest BCUT2D eigenvalue weighted by Crippen LogP contribution is 2.12. The lowest BCUT2D eigenvalue weighted by Gasteiger charge is -1.79. The SMILES string of the molecule is [c]1ccc2nscc2c1. The lowest BCUT2D eigenvalue weighted by atomic mass is 10.3. The average Bonchev–Trinajstić information content (AvgIpc) is 2.33. The summed E-state index contributed by atoms with van der Waals surface area (Å²) in [7, 11) is 0. The molecule has 0 N–H and O–H groups in total. The molecule has 0 unspecified atom stereocenters. The summed E-state index contributed by atoms with van der Waals surface area (Å²) in [4.78, 5) is 0. The molecule has 0 atom stereocenters. The summed E-state index contributed by atoms with van der Waals surface area (Å²) in [5.74, 6) is 0. The van der Waals surface area contributed by atoms with Crippen LogP contribution in [0.25, 0.3) is 10.9 Å². The number of fused-ring (bicyclic) bond motifs is 1. The third-order valence-electron chi connectivity index (χ3n) is 1.20. The van der Waals surface area contributed by atoms with Gasteiger partial charge < -0.3 is 0 Å². The molecule has 1 aromatic heterocycles. The first-order chi connectivity index (χ1) is 4.47. The number of rotatable bonds is 0. The molecule has 0 aliphatic carbocycles. The topological polar surface area (TPSA) is 12.9 Å².